The first kappa shape index (κ1) is 18.7. The zero-order valence-electron chi connectivity index (χ0n) is 11.5. The van der Waals surface area contributed by atoms with Crippen LogP contribution in [-0.2, 0) is 4.79 Å². The van der Waals surface area contributed by atoms with Crippen molar-refractivity contribution >= 4 is 30.2 Å². The fourth-order valence-corrected chi connectivity index (χ4v) is 1.62. The molecule has 0 unspecified atom stereocenters. The molecule has 0 heterocycles. The van der Waals surface area contributed by atoms with Gasteiger partial charge < -0.3 is 22.5 Å². The van der Waals surface area contributed by atoms with Gasteiger partial charge in [0.1, 0.15) is 6.04 Å². The van der Waals surface area contributed by atoms with E-state index < -0.39 is 11.9 Å². The Hall–Kier alpha value is -2.28. The molecule has 1 rings (SSSR count). The highest BCUT2D eigenvalue weighted by Crippen LogP contribution is 2.02. The minimum atomic E-state index is -0.739. The zero-order valence-corrected chi connectivity index (χ0v) is 12.3. The summed E-state index contributed by atoms with van der Waals surface area (Å²) >= 11 is 0. The lowest BCUT2D eigenvalue weighted by molar-refractivity contribution is -0.120. The molecule has 21 heavy (non-hydrogen) atoms. The number of amides is 2. The molecule has 1 aromatic carbocycles. The number of nitrogens with two attached hydrogens (primary N) is 3. The number of guanidine groups is 1. The smallest absolute Gasteiger partial charge is 0.251 e. The second-order valence-electron chi connectivity index (χ2n) is 4.24. The van der Waals surface area contributed by atoms with E-state index in [-0.39, 0.29) is 24.3 Å². The van der Waals surface area contributed by atoms with Gasteiger partial charge >= 0.3 is 0 Å². The third-order valence-electron chi connectivity index (χ3n) is 2.63. The van der Waals surface area contributed by atoms with Crippen LogP contribution in [-0.4, -0.2) is 30.4 Å². The summed E-state index contributed by atoms with van der Waals surface area (Å²) in [6.45, 7) is 0.382. The number of halogens is 1. The van der Waals surface area contributed by atoms with Crippen molar-refractivity contribution in [2.24, 2.45) is 22.2 Å². The van der Waals surface area contributed by atoms with Crippen molar-refractivity contribution in [1.29, 1.82) is 0 Å². The van der Waals surface area contributed by atoms with E-state index in [1.54, 1.807) is 30.3 Å². The van der Waals surface area contributed by atoms with Gasteiger partial charge in [-0.1, -0.05) is 18.2 Å². The Labute approximate surface area is 129 Å². The highest BCUT2D eigenvalue weighted by atomic mass is 35.5. The van der Waals surface area contributed by atoms with E-state index in [0.29, 0.717) is 24.9 Å². The Morgan fingerprint density at radius 1 is 1.14 bits per heavy atom. The van der Waals surface area contributed by atoms with Crippen LogP contribution in [0, 0.1) is 0 Å². The molecule has 0 saturated heterocycles. The average Bonchev–Trinajstić information content (AvgIpc) is 2.42. The maximum atomic E-state index is 11.9. The van der Waals surface area contributed by atoms with Gasteiger partial charge in [-0.2, -0.15) is 0 Å². The van der Waals surface area contributed by atoms with Gasteiger partial charge in [0.15, 0.2) is 5.96 Å². The monoisotopic (exact) mass is 313 g/mol. The van der Waals surface area contributed by atoms with Gasteiger partial charge in [-0.15, -0.1) is 12.4 Å². The molecule has 0 bridgehead atoms. The fourth-order valence-electron chi connectivity index (χ4n) is 1.62. The minimum absolute atomic E-state index is 0. The third kappa shape index (κ3) is 7.17. The lowest BCUT2D eigenvalue weighted by Crippen LogP contribution is -2.44. The number of carbonyl (C=O) groups is 2. The minimum Gasteiger partial charge on any atom is -0.370 e. The molecular formula is C13H20ClN5O2. The lowest BCUT2D eigenvalue weighted by atomic mass is 10.1. The standard InChI is InChI=1S/C13H19N5O2.ClH/c14-11(19)10(7-4-8-17-13(15)16)18-12(20)9-5-2-1-3-6-9;/h1-3,5-6,10H,4,7-8H2,(H2,14,19)(H,18,20)(H4,15,16,17);1H/t10-;/m1./s1. The van der Waals surface area contributed by atoms with E-state index in [1.807, 2.05) is 0 Å². The molecule has 0 aliphatic rings. The summed E-state index contributed by atoms with van der Waals surface area (Å²) < 4.78 is 0. The van der Waals surface area contributed by atoms with Gasteiger partial charge in [0.05, 0.1) is 0 Å². The van der Waals surface area contributed by atoms with E-state index in [2.05, 4.69) is 10.3 Å². The molecule has 2 amide bonds. The van der Waals surface area contributed by atoms with Gasteiger partial charge in [-0.25, -0.2) is 0 Å². The molecule has 1 atom stereocenters. The first-order valence-corrected chi connectivity index (χ1v) is 6.21. The number of carbonyl (C=O) groups excluding carboxylic acids is 2. The Morgan fingerprint density at radius 2 is 1.76 bits per heavy atom. The van der Waals surface area contributed by atoms with E-state index in [1.165, 1.54) is 0 Å². The number of aliphatic imine (C=N–C) groups is 1. The molecule has 0 saturated carbocycles. The number of nitrogens with one attached hydrogen (secondary N) is 1. The van der Waals surface area contributed by atoms with E-state index >= 15 is 0 Å². The van der Waals surface area contributed by atoms with Gasteiger partial charge in [0.25, 0.3) is 5.91 Å². The summed E-state index contributed by atoms with van der Waals surface area (Å²) in [7, 11) is 0. The van der Waals surface area contributed by atoms with Gasteiger partial charge in [-0.3, -0.25) is 14.6 Å². The van der Waals surface area contributed by atoms with E-state index in [4.69, 9.17) is 17.2 Å². The average molecular weight is 314 g/mol. The Morgan fingerprint density at radius 3 is 2.29 bits per heavy atom. The zero-order chi connectivity index (χ0) is 15.0. The number of hydrogen-bond acceptors (Lipinski definition) is 3. The summed E-state index contributed by atoms with van der Waals surface area (Å²) in [5.74, 6) is -0.927. The molecule has 0 fully saturated rings. The SMILES string of the molecule is Cl.NC(=O)[C@@H](CCCN=C(N)N)NC(=O)c1ccccc1. The molecule has 0 aliphatic carbocycles. The summed E-state index contributed by atoms with van der Waals surface area (Å²) in [5.41, 5.74) is 16.1. The predicted octanol–water partition coefficient (Wildman–Crippen LogP) is -0.254. The van der Waals surface area contributed by atoms with Crippen molar-refractivity contribution in [1.82, 2.24) is 5.32 Å². The largest absolute Gasteiger partial charge is 0.370 e. The predicted molar refractivity (Wildman–Crippen MR) is 84.0 cm³/mol. The number of benzene rings is 1. The van der Waals surface area contributed by atoms with Crippen LogP contribution in [0.5, 0.6) is 0 Å². The van der Waals surface area contributed by atoms with Crippen molar-refractivity contribution in [3.63, 3.8) is 0 Å². The maximum Gasteiger partial charge on any atom is 0.251 e. The number of nitrogens with zero attached hydrogens (tertiary/aromatic N) is 1. The summed E-state index contributed by atoms with van der Waals surface area (Å²) in [6, 6.07) is 7.87. The van der Waals surface area contributed by atoms with Crippen molar-refractivity contribution in [3.05, 3.63) is 35.9 Å². The van der Waals surface area contributed by atoms with Crippen LogP contribution in [0.15, 0.2) is 35.3 Å². The number of rotatable bonds is 7. The Kier molecular flexibility index (Phi) is 8.55. The second-order valence-corrected chi connectivity index (χ2v) is 4.24. The van der Waals surface area contributed by atoms with Gasteiger partial charge in [0.2, 0.25) is 5.91 Å². The van der Waals surface area contributed by atoms with Crippen LogP contribution in [0.4, 0.5) is 0 Å². The summed E-state index contributed by atoms with van der Waals surface area (Å²) in [4.78, 5) is 27.0. The molecule has 8 heteroatoms. The Balaban J connectivity index is 0.00000400. The van der Waals surface area contributed by atoms with Crippen molar-refractivity contribution in [2.45, 2.75) is 18.9 Å². The van der Waals surface area contributed by atoms with Crippen LogP contribution in [0.3, 0.4) is 0 Å². The van der Waals surface area contributed by atoms with Crippen LogP contribution < -0.4 is 22.5 Å². The van der Waals surface area contributed by atoms with Crippen molar-refractivity contribution < 1.29 is 9.59 Å². The first-order valence-electron chi connectivity index (χ1n) is 6.21. The highest BCUT2D eigenvalue weighted by Gasteiger charge is 2.18. The van der Waals surface area contributed by atoms with Crippen molar-refractivity contribution in [3.8, 4) is 0 Å². The fraction of sp³-hybridized carbons (Fsp3) is 0.308. The van der Waals surface area contributed by atoms with Gasteiger partial charge in [-0.05, 0) is 25.0 Å². The Bertz CT molecular complexity index is 489. The topological polar surface area (TPSA) is 137 Å². The van der Waals surface area contributed by atoms with Crippen LogP contribution >= 0.6 is 12.4 Å². The quantitative estimate of drug-likeness (QED) is 0.313. The second kappa shape index (κ2) is 9.60. The molecule has 7 nitrogen and oxygen atoms in total. The van der Waals surface area contributed by atoms with Gasteiger partial charge in [0, 0.05) is 12.1 Å². The molecule has 0 aliphatic heterocycles. The van der Waals surface area contributed by atoms with E-state index in [9.17, 15) is 9.59 Å². The molecular weight excluding hydrogens is 294 g/mol. The molecule has 7 N–H and O–H groups in total. The summed E-state index contributed by atoms with van der Waals surface area (Å²) in [5, 5.41) is 2.60. The summed E-state index contributed by atoms with van der Waals surface area (Å²) in [6.07, 6.45) is 0.922. The molecule has 1 aromatic rings. The normalized spacial score (nSPS) is 10.9. The highest BCUT2D eigenvalue weighted by molar-refractivity contribution is 5.97. The molecule has 0 aromatic heterocycles. The molecule has 0 spiro atoms. The van der Waals surface area contributed by atoms with Crippen molar-refractivity contribution in [2.75, 3.05) is 6.54 Å². The third-order valence-corrected chi connectivity index (χ3v) is 2.63. The van der Waals surface area contributed by atoms with Crippen LogP contribution in [0.1, 0.15) is 23.2 Å². The molecule has 116 valence electrons. The first-order chi connectivity index (χ1) is 9.50. The van der Waals surface area contributed by atoms with Crippen LogP contribution in [0.2, 0.25) is 0 Å². The number of hydrogen-bond donors (Lipinski definition) is 4. The maximum absolute atomic E-state index is 11.9. The van der Waals surface area contributed by atoms with E-state index in [0.717, 1.165) is 0 Å². The molecule has 0 radical (unpaired) electrons. The van der Waals surface area contributed by atoms with Crippen LogP contribution in [0.25, 0.3) is 0 Å². The lowest BCUT2D eigenvalue weighted by Gasteiger charge is -2.14. The number of primary amides is 1.